The molecule has 1 aliphatic heterocycles. The number of hydrogen-bond donors (Lipinski definition) is 2. The average molecular weight is 293 g/mol. The SMILES string of the molecule is O=C(NCc1coc(-c2cccs2)n1)C1COCCN1. The second kappa shape index (κ2) is 6.17. The van der Waals surface area contributed by atoms with Gasteiger partial charge in [-0.25, -0.2) is 4.98 Å². The molecule has 20 heavy (non-hydrogen) atoms. The standard InChI is InChI=1S/C13H15N3O3S/c17-12(10-8-18-4-3-14-10)15-6-9-7-19-13(16-9)11-2-1-5-20-11/h1-2,5,7,10,14H,3-4,6,8H2,(H,15,17). The molecule has 1 unspecified atom stereocenters. The third-order valence-corrected chi connectivity index (χ3v) is 3.82. The molecule has 1 aliphatic rings. The van der Waals surface area contributed by atoms with Crippen molar-refractivity contribution in [1.29, 1.82) is 0 Å². The van der Waals surface area contributed by atoms with Crippen LogP contribution in [0.2, 0.25) is 0 Å². The van der Waals surface area contributed by atoms with Crippen molar-refractivity contribution in [3.05, 3.63) is 29.5 Å². The van der Waals surface area contributed by atoms with Gasteiger partial charge in [-0.3, -0.25) is 4.79 Å². The Morgan fingerprint density at radius 3 is 3.30 bits per heavy atom. The number of carbonyl (C=O) groups is 1. The van der Waals surface area contributed by atoms with E-state index in [9.17, 15) is 4.79 Å². The summed E-state index contributed by atoms with van der Waals surface area (Å²) in [5, 5.41) is 7.90. The highest BCUT2D eigenvalue weighted by Gasteiger charge is 2.21. The molecule has 0 spiro atoms. The minimum absolute atomic E-state index is 0.0784. The smallest absolute Gasteiger partial charge is 0.239 e. The Balaban J connectivity index is 1.54. The molecular weight excluding hydrogens is 278 g/mol. The maximum absolute atomic E-state index is 11.9. The monoisotopic (exact) mass is 293 g/mol. The summed E-state index contributed by atoms with van der Waals surface area (Å²) in [6.07, 6.45) is 1.57. The number of aromatic nitrogens is 1. The Kier molecular flexibility index (Phi) is 4.10. The largest absolute Gasteiger partial charge is 0.443 e. The van der Waals surface area contributed by atoms with Gasteiger partial charge < -0.3 is 19.8 Å². The first-order valence-electron chi connectivity index (χ1n) is 6.40. The first-order chi connectivity index (χ1) is 9.83. The van der Waals surface area contributed by atoms with Crippen LogP contribution in [0.3, 0.4) is 0 Å². The molecule has 1 amide bonds. The summed E-state index contributed by atoms with van der Waals surface area (Å²) in [6, 6.07) is 3.61. The fourth-order valence-corrected chi connectivity index (χ4v) is 2.59. The Morgan fingerprint density at radius 2 is 2.55 bits per heavy atom. The molecule has 2 N–H and O–H groups in total. The summed E-state index contributed by atoms with van der Waals surface area (Å²) >= 11 is 1.57. The van der Waals surface area contributed by atoms with Crippen molar-refractivity contribution < 1.29 is 13.9 Å². The highest BCUT2D eigenvalue weighted by atomic mass is 32.1. The molecule has 0 saturated carbocycles. The lowest BCUT2D eigenvalue weighted by molar-refractivity contribution is -0.126. The highest BCUT2D eigenvalue weighted by Crippen LogP contribution is 2.23. The quantitative estimate of drug-likeness (QED) is 0.880. The number of amides is 1. The normalized spacial score (nSPS) is 18.9. The zero-order chi connectivity index (χ0) is 13.8. The molecule has 7 heteroatoms. The van der Waals surface area contributed by atoms with E-state index in [-0.39, 0.29) is 11.9 Å². The van der Waals surface area contributed by atoms with E-state index in [0.29, 0.717) is 37.9 Å². The number of ether oxygens (including phenoxy) is 1. The lowest BCUT2D eigenvalue weighted by atomic mass is 10.2. The van der Waals surface area contributed by atoms with Gasteiger partial charge in [-0.1, -0.05) is 6.07 Å². The number of oxazole rings is 1. The van der Waals surface area contributed by atoms with Gasteiger partial charge in [0.25, 0.3) is 0 Å². The van der Waals surface area contributed by atoms with Crippen molar-refractivity contribution >= 4 is 17.2 Å². The van der Waals surface area contributed by atoms with Gasteiger partial charge in [-0.05, 0) is 11.4 Å². The lowest BCUT2D eigenvalue weighted by Crippen LogP contribution is -2.51. The molecule has 0 bridgehead atoms. The topological polar surface area (TPSA) is 76.4 Å². The molecule has 6 nitrogen and oxygen atoms in total. The van der Waals surface area contributed by atoms with Gasteiger partial charge in [0.05, 0.1) is 30.3 Å². The molecule has 106 valence electrons. The van der Waals surface area contributed by atoms with Gasteiger partial charge >= 0.3 is 0 Å². The Labute approximate surface area is 120 Å². The van der Waals surface area contributed by atoms with Gasteiger partial charge in [0, 0.05) is 6.54 Å². The Morgan fingerprint density at radius 1 is 1.60 bits per heavy atom. The molecule has 1 atom stereocenters. The fraction of sp³-hybridized carbons (Fsp3) is 0.385. The van der Waals surface area contributed by atoms with E-state index in [1.807, 2.05) is 17.5 Å². The van der Waals surface area contributed by atoms with Crippen LogP contribution >= 0.6 is 11.3 Å². The highest BCUT2D eigenvalue weighted by molar-refractivity contribution is 7.13. The van der Waals surface area contributed by atoms with E-state index in [1.165, 1.54) is 0 Å². The Bertz CT molecular complexity index is 561. The molecule has 3 rings (SSSR count). The maximum Gasteiger partial charge on any atom is 0.239 e. The van der Waals surface area contributed by atoms with Crippen LogP contribution in [0.4, 0.5) is 0 Å². The third kappa shape index (κ3) is 3.06. The first-order valence-corrected chi connectivity index (χ1v) is 7.28. The summed E-state index contributed by atoms with van der Waals surface area (Å²) in [6.45, 7) is 2.11. The summed E-state index contributed by atoms with van der Waals surface area (Å²) in [5.41, 5.74) is 0.707. The summed E-state index contributed by atoms with van der Waals surface area (Å²) in [5.74, 6) is 0.508. The van der Waals surface area contributed by atoms with Crippen molar-refractivity contribution in [2.24, 2.45) is 0 Å². The zero-order valence-corrected chi connectivity index (χ0v) is 11.6. The Hall–Kier alpha value is -1.70. The molecule has 0 aromatic carbocycles. The summed E-state index contributed by atoms with van der Waals surface area (Å²) < 4.78 is 10.6. The number of hydrogen-bond acceptors (Lipinski definition) is 6. The molecule has 3 heterocycles. The molecule has 2 aromatic heterocycles. The summed E-state index contributed by atoms with van der Waals surface area (Å²) in [4.78, 5) is 17.2. The minimum atomic E-state index is -0.285. The van der Waals surface area contributed by atoms with E-state index in [1.54, 1.807) is 17.6 Å². The predicted octanol–water partition coefficient (Wildman–Crippen LogP) is 1.01. The molecule has 2 aromatic rings. The minimum Gasteiger partial charge on any atom is -0.443 e. The number of thiophene rings is 1. The number of carbonyl (C=O) groups excluding carboxylic acids is 1. The van der Waals surface area contributed by atoms with Gasteiger partial charge in [0.1, 0.15) is 12.3 Å². The lowest BCUT2D eigenvalue weighted by Gasteiger charge is -2.22. The van der Waals surface area contributed by atoms with Crippen molar-refractivity contribution in [3.63, 3.8) is 0 Å². The van der Waals surface area contributed by atoms with E-state index < -0.39 is 0 Å². The number of rotatable bonds is 4. The zero-order valence-electron chi connectivity index (χ0n) is 10.8. The fourth-order valence-electron chi connectivity index (χ4n) is 1.94. The van der Waals surface area contributed by atoms with Crippen molar-refractivity contribution in [3.8, 4) is 10.8 Å². The van der Waals surface area contributed by atoms with Crippen LogP contribution in [-0.4, -0.2) is 36.7 Å². The van der Waals surface area contributed by atoms with Crippen LogP contribution in [-0.2, 0) is 16.1 Å². The van der Waals surface area contributed by atoms with Crippen LogP contribution in [0, 0.1) is 0 Å². The second-order valence-electron chi connectivity index (χ2n) is 4.42. The third-order valence-electron chi connectivity index (χ3n) is 2.97. The van der Waals surface area contributed by atoms with E-state index in [4.69, 9.17) is 9.15 Å². The predicted molar refractivity (Wildman–Crippen MR) is 74.3 cm³/mol. The maximum atomic E-state index is 11.9. The van der Waals surface area contributed by atoms with Crippen molar-refractivity contribution in [1.82, 2.24) is 15.6 Å². The van der Waals surface area contributed by atoms with E-state index >= 15 is 0 Å². The molecule has 0 aliphatic carbocycles. The van der Waals surface area contributed by atoms with Crippen molar-refractivity contribution in [2.75, 3.05) is 19.8 Å². The van der Waals surface area contributed by atoms with Gasteiger partial charge in [-0.2, -0.15) is 0 Å². The van der Waals surface area contributed by atoms with E-state index in [2.05, 4.69) is 15.6 Å². The molecule has 1 saturated heterocycles. The second-order valence-corrected chi connectivity index (χ2v) is 5.37. The first kappa shape index (κ1) is 13.3. The summed E-state index contributed by atoms with van der Waals surface area (Å²) in [7, 11) is 0. The number of nitrogens with zero attached hydrogens (tertiary/aromatic N) is 1. The van der Waals surface area contributed by atoms with Crippen LogP contribution in [0.5, 0.6) is 0 Å². The van der Waals surface area contributed by atoms with Crippen LogP contribution in [0.1, 0.15) is 5.69 Å². The number of morpholine rings is 1. The van der Waals surface area contributed by atoms with E-state index in [0.717, 1.165) is 4.88 Å². The van der Waals surface area contributed by atoms with Crippen molar-refractivity contribution in [2.45, 2.75) is 12.6 Å². The molecular formula is C13H15N3O3S. The van der Waals surface area contributed by atoms with Gasteiger partial charge in [0.2, 0.25) is 11.8 Å². The number of nitrogens with one attached hydrogen (secondary N) is 2. The van der Waals surface area contributed by atoms with Crippen LogP contribution < -0.4 is 10.6 Å². The van der Waals surface area contributed by atoms with Crippen LogP contribution in [0.25, 0.3) is 10.8 Å². The van der Waals surface area contributed by atoms with Gasteiger partial charge in [0.15, 0.2) is 0 Å². The average Bonchev–Trinajstić information content (AvgIpc) is 3.16. The van der Waals surface area contributed by atoms with Gasteiger partial charge in [-0.15, -0.1) is 11.3 Å². The molecule has 1 fully saturated rings. The molecule has 0 radical (unpaired) electrons. The van der Waals surface area contributed by atoms with Crippen LogP contribution in [0.15, 0.2) is 28.2 Å².